The van der Waals surface area contributed by atoms with Gasteiger partial charge in [-0.1, -0.05) is 24.3 Å². The van der Waals surface area contributed by atoms with E-state index in [1.807, 2.05) is 18.2 Å². The molecule has 0 unspecified atom stereocenters. The zero-order valence-corrected chi connectivity index (χ0v) is 12.7. The van der Waals surface area contributed by atoms with Gasteiger partial charge in [0, 0.05) is 18.7 Å². The van der Waals surface area contributed by atoms with Crippen LogP contribution in [0, 0.1) is 0 Å². The zero-order chi connectivity index (χ0) is 17.0. The highest BCUT2D eigenvalue weighted by Gasteiger charge is 2.31. The van der Waals surface area contributed by atoms with Crippen LogP contribution >= 0.6 is 0 Å². The molecular weight excluding hydrogens is 323 g/mol. The highest BCUT2D eigenvalue weighted by atomic mass is 19.4. The van der Waals surface area contributed by atoms with Crippen LogP contribution in [-0.4, -0.2) is 19.6 Å². The molecule has 7 heteroatoms. The molecule has 0 bridgehead atoms. The topological polar surface area (TPSA) is 39.7 Å². The number of hydrogen-bond acceptors (Lipinski definition) is 4. The Morgan fingerprint density at radius 2 is 1.71 bits per heavy atom. The van der Waals surface area contributed by atoms with Gasteiger partial charge in [-0.15, -0.1) is 13.2 Å². The van der Waals surface area contributed by atoms with Crippen molar-refractivity contribution in [1.29, 1.82) is 0 Å². The van der Waals surface area contributed by atoms with Crippen molar-refractivity contribution >= 4 is 0 Å². The first-order valence-corrected chi connectivity index (χ1v) is 7.44. The van der Waals surface area contributed by atoms with Crippen molar-refractivity contribution in [1.82, 2.24) is 5.32 Å². The molecule has 0 radical (unpaired) electrons. The largest absolute Gasteiger partial charge is 0.573 e. The lowest BCUT2D eigenvalue weighted by Crippen LogP contribution is -2.20. The minimum Gasteiger partial charge on any atom is -0.486 e. The number of rotatable bonds is 5. The molecule has 2 aromatic carbocycles. The third-order valence-corrected chi connectivity index (χ3v) is 3.45. The van der Waals surface area contributed by atoms with Crippen molar-refractivity contribution in [3.05, 3.63) is 53.6 Å². The Hall–Kier alpha value is -2.41. The van der Waals surface area contributed by atoms with Gasteiger partial charge in [0.25, 0.3) is 0 Å². The summed E-state index contributed by atoms with van der Waals surface area (Å²) in [5, 5.41) is 3.11. The van der Waals surface area contributed by atoms with Gasteiger partial charge in [0.2, 0.25) is 0 Å². The van der Waals surface area contributed by atoms with Gasteiger partial charge >= 0.3 is 6.36 Å². The molecule has 3 rings (SSSR count). The fourth-order valence-corrected chi connectivity index (χ4v) is 2.41. The first kappa shape index (κ1) is 16.4. The van der Waals surface area contributed by atoms with Gasteiger partial charge in [-0.05, 0) is 23.8 Å². The number of fused-ring (bicyclic) bond motifs is 1. The number of hydrogen-bond donors (Lipinski definition) is 1. The van der Waals surface area contributed by atoms with Crippen LogP contribution in [0.3, 0.4) is 0 Å². The summed E-state index contributed by atoms with van der Waals surface area (Å²) in [7, 11) is 0. The maximum Gasteiger partial charge on any atom is 0.573 e. The number of nitrogens with one attached hydrogen (secondary N) is 1. The van der Waals surface area contributed by atoms with E-state index in [9.17, 15) is 13.2 Å². The molecule has 0 amide bonds. The predicted molar refractivity (Wildman–Crippen MR) is 81.1 cm³/mol. The van der Waals surface area contributed by atoms with Crippen molar-refractivity contribution in [2.75, 3.05) is 13.2 Å². The molecule has 1 N–H and O–H groups in total. The molecule has 0 saturated carbocycles. The van der Waals surface area contributed by atoms with E-state index in [0.29, 0.717) is 36.8 Å². The number of halogens is 3. The molecule has 2 aromatic rings. The third-order valence-electron chi connectivity index (χ3n) is 3.45. The SMILES string of the molecule is FC(F)(F)Oc1ccccc1CNCc1ccc2c(c1)OCCO2. The summed E-state index contributed by atoms with van der Waals surface area (Å²) < 4.78 is 52.2. The van der Waals surface area contributed by atoms with E-state index in [4.69, 9.17) is 9.47 Å². The van der Waals surface area contributed by atoms with E-state index in [1.54, 1.807) is 12.1 Å². The van der Waals surface area contributed by atoms with Crippen LogP contribution in [0.5, 0.6) is 17.2 Å². The summed E-state index contributed by atoms with van der Waals surface area (Å²) in [5.74, 6) is 1.19. The zero-order valence-electron chi connectivity index (χ0n) is 12.7. The molecule has 24 heavy (non-hydrogen) atoms. The number of alkyl halides is 3. The van der Waals surface area contributed by atoms with E-state index < -0.39 is 6.36 Å². The minimum absolute atomic E-state index is 0.195. The van der Waals surface area contributed by atoms with Crippen molar-refractivity contribution in [2.24, 2.45) is 0 Å². The molecule has 1 heterocycles. The molecule has 0 atom stereocenters. The quantitative estimate of drug-likeness (QED) is 0.903. The van der Waals surface area contributed by atoms with E-state index in [-0.39, 0.29) is 12.3 Å². The maximum absolute atomic E-state index is 12.4. The highest BCUT2D eigenvalue weighted by Crippen LogP contribution is 2.31. The normalized spacial score (nSPS) is 13.6. The van der Waals surface area contributed by atoms with Crippen LogP contribution in [0.1, 0.15) is 11.1 Å². The lowest BCUT2D eigenvalue weighted by atomic mass is 10.1. The average Bonchev–Trinajstić information content (AvgIpc) is 2.55. The molecule has 1 aliphatic rings. The standard InChI is InChI=1S/C17H16F3NO3/c18-17(19,20)24-14-4-2-1-3-13(14)11-21-10-12-5-6-15-16(9-12)23-8-7-22-15/h1-6,9,21H,7-8,10-11H2. The van der Waals surface area contributed by atoms with Crippen LogP contribution in [0.4, 0.5) is 13.2 Å². The summed E-state index contributed by atoms with van der Waals surface area (Å²) in [6, 6.07) is 11.6. The summed E-state index contributed by atoms with van der Waals surface area (Å²) in [6.07, 6.45) is -4.70. The molecule has 0 saturated heterocycles. The summed E-state index contributed by atoms with van der Waals surface area (Å²) in [4.78, 5) is 0. The van der Waals surface area contributed by atoms with Crippen LogP contribution < -0.4 is 19.5 Å². The van der Waals surface area contributed by atoms with E-state index in [2.05, 4.69) is 10.1 Å². The lowest BCUT2D eigenvalue weighted by Gasteiger charge is -2.19. The Morgan fingerprint density at radius 3 is 2.50 bits per heavy atom. The van der Waals surface area contributed by atoms with Crippen LogP contribution in [0.2, 0.25) is 0 Å². The molecule has 1 aliphatic heterocycles. The number of para-hydroxylation sites is 1. The maximum atomic E-state index is 12.4. The first-order chi connectivity index (χ1) is 11.5. The first-order valence-electron chi connectivity index (χ1n) is 7.44. The van der Waals surface area contributed by atoms with E-state index in [1.165, 1.54) is 12.1 Å². The Kier molecular flexibility index (Phi) is 4.80. The Bertz CT molecular complexity index is 704. The number of ether oxygens (including phenoxy) is 3. The number of benzene rings is 2. The summed E-state index contributed by atoms with van der Waals surface area (Å²) in [5.41, 5.74) is 1.39. The fraction of sp³-hybridized carbons (Fsp3) is 0.294. The van der Waals surface area contributed by atoms with Crippen molar-refractivity contribution in [3.8, 4) is 17.2 Å². The van der Waals surface area contributed by atoms with E-state index in [0.717, 1.165) is 5.56 Å². The van der Waals surface area contributed by atoms with Gasteiger partial charge in [0.1, 0.15) is 19.0 Å². The molecule has 128 valence electrons. The van der Waals surface area contributed by atoms with Crippen LogP contribution in [0.25, 0.3) is 0 Å². The predicted octanol–water partition coefficient (Wildman–Crippen LogP) is 3.65. The van der Waals surface area contributed by atoms with Gasteiger partial charge in [-0.2, -0.15) is 0 Å². The molecule has 0 fully saturated rings. The van der Waals surface area contributed by atoms with Crippen LogP contribution in [-0.2, 0) is 13.1 Å². The van der Waals surface area contributed by atoms with Gasteiger partial charge in [-0.25, -0.2) is 0 Å². The molecular formula is C17H16F3NO3. The second kappa shape index (κ2) is 7.00. The molecule has 4 nitrogen and oxygen atoms in total. The van der Waals surface area contributed by atoms with Crippen molar-refractivity contribution in [3.63, 3.8) is 0 Å². The van der Waals surface area contributed by atoms with Crippen LogP contribution in [0.15, 0.2) is 42.5 Å². The Labute approximate surface area is 137 Å². The van der Waals surface area contributed by atoms with E-state index >= 15 is 0 Å². The minimum atomic E-state index is -4.70. The molecule has 0 aromatic heterocycles. The van der Waals surface area contributed by atoms with Crippen molar-refractivity contribution in [2.45, 2.75) is 19.5 Å². The molecule has 0 spiro atoms. The second-order valence-corrected chi connectivity index (χ2v) is 5.24. The monoisotopic (exact) mass is 339 g/mol. The van der Waals surface area contributed by atoms with Gasteiger partial charge < -0.3 is 19.5 Å². The van der Waals surface area contributed by atoms with Crippen molar-refractivity contribution < 1.29 is 27.4 Å². The lowest BCUT2D eigenvalue weighted by molar-refractivity contribution is -0.274. The summed E-state index contributed by atoms with van der Waals surface area (Å²) >= 11 is 0. The molecule has 0 aliphatic carbocycles. The average molecular weight is 339 g/mol. The third kappa shape index (κ3) is 4.32. The smallest absolute Gasteiger partial charge is 0.486 e. The van der Waals surface area contributed by atoms with Gasteiger partial charge in [0.15, 0.2) is 11.5 Å². The fourth-order valence-electron chi connectivity index (χ4n) is 2.41. The Morgan fingerprint density at radius 1 is 0.958 bits per heavy atom. The highest BCUT2D eigenvalue weighted by molar-refractivity contribution is 5.43. The summed E-state index contributed by atoms with van der Waals surface area (Å²) in [6.45, 7) is 1.77. The van der Waals surface area contributed by atoms with Gasteiger partial charge in [-0.3, -0.25) is 0 Å². The van der Waals surface area contributed by atoms with Gasteiger partial charge in [0.05, 0.1) is 0 Å². The second-order valence-electron chi connectivity index (χ2n) is 5.24. The Balaban J connectivity index is 1.61.